The molecule has 0 unspecified atom stereocenters. The Hall–Kier alpha value is -2.67. The summed E-state index contributed by atoms with van der Waals surface area (Å²) in [6.45, 7) is 5.11. The summed E-state index contributed by atoms with van der Waals surface area (Å²) < 4.78 is 13.1. The van der Waals surface area contributed by atoms with E-state index in [9.17, 15) is 14.3 Å². The average molecular weight is 384 g/mol. The van der Waals surface area contributed by atoms with Crippen LogP contribution in [0.1, 0.15) is 23.3 Å². The summed E-state index contributed by atoms with van der Waals surface area (Å²) in [6, 6.07) is 10.1. The minimum atomic E-state index is -0.211. The smallest absolute Gasteiger partial charge is 0.272 e. The molecular formula is C21H25FN4O2. The van der Waals surface area contributed by atoms with E-state index in [0.29, 0.717) is 18.3 Å². The number of benzene rings is 1. The molecule has 0 radical (unpaired) electrons. The number of carbonyl (C=O) groups excluding carboxylic acids is 1. The molecule has 0 aliphatic carbocycles. The Kier molecular flexibility index (Phi) is 5.43. The van der Waals surface area contributed by atoms with Gasteiger partial charge < -0.3 is 14.9 Å². The molecule has 148 valence electrons. The van der Waals surface area contributed by atoms with E-state index in [0.717, 1.165) is 51.3 Å². The Bertz CT molecular complexity index is 804. The largest absolute Gasteiger partial charge is 0.506 e. The molecule has 1 aromatic heterocycles. The van der Waals surface area contributed by atoms with Crippen molar-refractivity contribution in [3.63, 3.8) is 0 Å². The van der Waals surface area contributed by atoms with E-state index >= 15 is 0 Å². The van der Waals surface area contributed by atoms with Crippen molar-refractivity contribution in [1.82, 2.24) is 14.8 Å². The number of halogens is 1. The number of piperazine rings is 1. The van der Waals surface area contributed by atoms with Crippen LogP contribution < -0.4 is 4.90 Å². The van der Waals surface area contributed by atoms with Crippen molar-refractivity contribution in [2.75, 3.05) is 44.2 Å². The van der Waals surface area contributed by atoms with Gasteiger partial charge in [0, 0.05) is 51.0 Å². The summed E-state index contributed by atoms with van der Waals surface area (Å²) in [5.74, 6) is -0.223. The lowest BCUT2D eigenvalue weighted by Crippen LogP contribution is -2.56. The van der Waals surface area contributed by atoms with Crippen LogP contribution in [0.2, 0.25) is 0 Å². The Morgan fingerprint density at radius 2 is 1.79 bits per heavy atom. The Labute approximate surface area is 164 Å². The summed E-state index contributed by atoms with van der Waals surface area (Å²) in [5, 5.41) is 9.36. The van der Waals surface area contributed by atoms with E-state index in [1.165, 1.54) is 24.4 Å². The van der Waals surface area contributed by atoms with Crippen molar-refractivity contribution in [2.45, 2.75) is 18.9 Å². The highest BCUT2D eigenvalue weighted by Crippen LogP contribution is 2.22. The fourth-order valence-electron chi connectivity index (χ4n) is 4.11. The second kappa shape index (κ2) is 8.14. The normalized spacial score (nSPS) is 21.0. The zero-order valence-corrected chi connectivity index (χ0v) is 15.8. The summed E-state index contributed by atoms with van der Waals surface area (Å²) in [4.78, 5) is 23.4. The number of nitrogens with zero attached hydrogens (tertiary/aromatic N) is 4. The molecule has 28 heavy (non-hydrogen) atoms. The van der Waals surface area contributed by atoms with Gasteiger partial charge in [0.15, 0.2) is 0 Å². The molecule has 2 aromatic rings. The first kappa shape index (κ1) is 18.7. The quantitative estimate of drug-likeness (QED) is 0.880. The van der Waals surface area contributed by atoms with Crippen LogP contribution in [0, 0.1) is 5.82 Å². The van der Waals surface area contributed by atoms with Gasteiger partial charge in [-0.05, 0) is 49.2 Å². The van der Waals surface area contributed by atoms with E-state index in [-0.39, 0.29) is 17.5 Å². The van der Waals surface area contributed by atoms with Crippen LogP contribution in [0.5, 0.6) is 5.75 Å². The summed E-state index contributed by atoms with van der Waals surface area (Å²) >= 11 is 0. The number of piperidine rings is 1. The van der Waals surface area contributed by atoms with Crippen molar-refractivity contribution >= 4 is 11.6 Å². The average Bonchev–Trinajstić information content (AvgIpc) is 2.75. The number of anilines is 1. The number of pyridine rings is 1. The number of aromatic nitrogens is 1. The van der Waals surface area contributed by atoms with Gasteiger partial charge in [-0.2, -0.15) is 0 Å². The Morgan fingerprint density at radius 1 is 1.04 bits per heavy atom. The molecule has 3 heterocycles. The van der Waals surface area contributed by atoms with Crippen molar-refractivity contribution < 1.29 is 14.3 Å². The zero-order valence-electron chi connectivity index (χ0n) is 15.8. The SMILES string of the molecule is O=C(c1ccc(O)cn1)N1CCC[C@H](N2CCN(c3ccc(F)cc3)CC2)C1. The van der Waals surface area contributed by atoms with Crippen LogP contribution in [0.25, 0.3) is 0 Å². The van der Waals surface area contributed by atoms with Gasteiger partial charge in [0.1, 0.15) is 17.3 Å². The molecular weight excluding hydrogens is 359 g/mol. The van der Waals surface area contributed by atoms with Gasteiger partial charge in [0.05, 0.1) is 6.20 Å². The maximum absolute atomic E-state index is 13.1. The molecule has 7 heteroatoms. The molecule has 2 aliphatic rings. The highest BCUT2D eigenvalue weighted by Gasteiger charge is 2.30. The molecule has 1 N–H and O–H groups in total. The third-order valence-electron chi connectivity index (χ3n) is 5.67. The minimum Gasteiger partial charge on any atom is -0.506 e. The predicted molar refractivity (Wildman–Crippen MR) is 105 cm³/mol. The van der Waals surface area contributed by atoms with Gasteiger partial charge in [-0.1, -0.05) is 0 Å². The topological polar surface area (TPSA) is 59.9 Å². The fourth-order valence-corrected chi connectivity index (χ4v) is 4.11. The van der Waals surface area contributed by atoms with E-state index in [1.54, 1.807) is 6.07 Å². The van der Waals surface area contributed by atoms with Crippen LogP contribution in [0.4, 0.5) is 10.1 Å². The van der Waals surface area contributed by atoms with Gasteiger partial charge in [-0.25, -0.2) is 9.37 Å². The molecule has 1 amide bonds. The maximum atomic E-state index is 13.1. The monoisotopic (exact) mass is 384 g/mol. The summed E-state index contributed by atoms with van der Waals surface area (Å²) in [5.41, 5.74) is 1.43. The molecule has 1 atom stereocenters. The van der Waals surface area contributed by atoms with E-state index in [1.807, 2.05) is 17.0 Å². The van der Waals surface area contributed by atoms with Crippen LogP contribution >= 0.6 is 0 Å². The van der Waals surface area contributed by atoms with E-state index in [4.69, 9.17) is 0 Å². The lowest BCUT2D eigenvalue weighted by Gasteiger charge is -2.43. The van der Waals surface area contributed by atoms with Crippen LogP contribution in [-0.2, 0) is 0 Å². The molecule has 0 bridgehead atoms. The maximum Gasteiger partial charge on any atom is 0.272 e. The zero-order chi connectivity index (χ0) is 19.5. The first-order chi connectivity index (χ1) is 13.6. The standard InChI is InChI=1S/C21H25FN4O2/c22-16-3-5-17(6-4-16)24-10-12-25(13-11-24)18-2-1-9-26(15-18)21(28)20-8-7-19(27)14-23-20/h3-8,14,18,27H,1-2,9-13,15H2/t18-/m0/s1. The minimum absolute atomic E-state index is 0.0621. The molecule has 0 saturated carbocycles. The molecule has 2 fully saturated rings. The van der Waals surface area contributed by atoms with Gasteiger partial charge in [0.2, 0.25) is 0 Å². The third-order valence-corrected chi connectivity index (χ3v) is 5.67. The Balaban J connectivity index is 1.34. The van der Waals surface area contributed by atoms with Gasteiger partial charge in [-0.15, -0.1) is 0 Å². The van der Waals surface area contributed by atoms with E-state index < -0.39 is 0 Å². The first-order valence-corrected chi connectivity index (χ1v) is 9.79. The van der Waals surface area contributed by atoms with Crippen LogP contribution in [0.3, 0.4) is 0 Å². The molecule has 6 nitrogen and oxygen atoms in total. The molecule has 2 aliphatic heterocycles. The summed E-state index contributed by atoms with van der Waals surface area (Å²) in [6.07, 6.45) is 3.37. The third kappa shape index (κ3) is 4.09. The number of hydrogen-bond acceptors (Lipinski definition) is 5. The lowest BCUT2D eigenvalue weighted by molar-refractivity contribution is 0.0558. The summed E-state index contributed by atoms with van der Waals surface area (Å²) in [7, 11) is 0. The van der Waals surface area contributed by atoms with Gasteiger partial charge in [-0.3, -0.25) is 9.69 Å². The Morgan fingerprint density at radius 3 is 2.46 bits per heavy atom. The molecule has 2 saturated heterocycles. The second-order valence-electron chi connectivity index (χ2n) is 7.45. The fraction of sp³-hybridized carbons (Fsp3) is 0.429. The highest BCUT2D eigenvalue weighted by molar-refractivity contribution is 5.92. The number of rotatable bonds is 3. The number of amides is 1. The van der Waals surface area contributed by atoms with Gasteiger partial charge in [0.25, 0.3) is 5.91 Å². The molecule has 4 rings (SSSR count). The molecule has 0 spiro atoms. The van der Waals surface area contributed by atoms with Crippen LogP contribution in [0.15, 0.2) is 42.6 Å². The highest BCUT2D eigenvalue weighted by atomic mass is 19.1. The molecule has 1 aromatic carbocycles. The van der Waals surface area contributed by atoms with Crippen molar-refractivity contribution in [1.29, 1.82) is 0 Å². The van der Waals surface area contributed by atoms with Crippen molar-refractivity contribution in [3.8, 4) is 5.75 Å². The number of carbonyl (C=O) groups is 1. The van der Waals surface area contributed by atoms with Crippen molar-refractivity contribution in [2.24, 2.45) is 0 Å². The first-order valence-electron chi connectivity index (χ1n) is 9.79. The van der Waals surface area contributed by atoms with E-state index in [2.05, 4.69) is 14.8 Å². The van der Waals surface area contributed by atoms with Crippen molar-refractivity contribution in [3.05, 3.63) is 54.1 Å². The number of likely N-dealkylation sites (tertiary alicyclic amines) is 1. The van der Waals surface area contributed by atoms with Gasteiger partial charge >= 0.3 is 0 Å². The second-order valence-corrected chi connectivity index (χ2v) is 7.45. The lowest BCUT2D eigenvalue weighted by atomic mass is 10.0. The predicted octanol–water partition coefficient (Wildman–Crippen LogP) is 2.35. The van der Waals surface area contributed by atoms with Crippen LogP contribution in [-0.4, -0.2) is 71.1 Å². The number of aromatic hydroxyl groups is 1. The number of hydrogen-bond donors (Lipinski definition) is 1.